The quantitative estimate of drug-likeness (QED) is 0.585. The van der Waals surface area contributed by atoms with E-state index in [0.29, 0.717) is 17.7 Å². The molecule has 0 aliphatic heterocycles. The van der Waals surface area contributed by atoms with Crippen molar-refractivity contribution in [3.63, 3.8) is 0 Å². The Morgan fingerprint density at radius 3 is 2.29 bits per heavy atom. The van der Waals surface area contributed by atoms with Gasteiger partial charge >= 0.3 is 0 Å². The molecule has 7 nitrogen and oxygen atoms in total. The number of nitrogens with one attached hydrogen (secondary N) is 2. The van der Waals surface area contributed by atoms with Gasteiger partial charge in [-0.2, -0.15) is 0 Å². The maximum Gasteiger partial charge on any atom is 0.251 e. The predicted molar refractivity (Wildman–Crippen MR) is 107 cm³/mol. The second kappa shape index (κ2) is 10.5. The highest BCUT2D eigenvalue weighted by Crippen LogP contribution is 2.11. The van der Waals surface area contributed by atoms with Crippen molar-refractivity contribution in [2.24, 2.45) is 0 Å². The lowest BCUT2D eigenvalue weighted by Gasteiger charge is -2.08. The summed E-state index contributed by atoms with van der Waals surface area (Å²) in [4.78, 5) is 23.8. The Bertz CT molecular complexity index is 881. The number of amides is 2. The molecule has 0 radical (unpaired) electrons. The van der Waals surface area contributed by atoms with Crippen LogP contribution in [0.25, 0.3) is 0 Å². The summed E-state index contributed by atoms with van der Waals surface area (Å²) in [6.07, 6.45) is 0.313. The van der Waals surface area contributed by atoms with Crippen molar-refractivity contribution in [2.75, 3.05) is 26.0 Å². The molecule has 0 aliphatic carbocycles. The minimum atomic E-state index is -3.23. The molecule has 0 heterocycles. The molecule has 0 spiro atoms. The van der Waals surface area contributed by atoms with E-state index < -0.39 is 9.84 Å². The van der Waals surface area contributed by atoms with Gasteiger partial charge < -0.3 is 15.4 Å². The van der Waals surface area contributed by atoms with Gasteiger partial charge in [-0.25, -0.2) is 8.42 Å². The zero-order chi connectivity index (χ0) is 20.4. The molecule has 28 heavy (non-hydrogen) atoms. The molecular formula is C20H24N2O5S. The summed E-state index contributed by atoms with van der Waals surface area (Å²) < 4.78 is 29.2. The Hall–Kier alpha value is -2.87. The zero-order valence-corrected chi connectivity index (χ0v) is 16.5. The fourth-order valence-electron chi connectivity index (χ4n) is 2.49. The van der Waals surface area contributed by atoms with E-state index in [1.165, 1.54) is 7.11 Å². The van der Waals surface area contributed by atoms with E-state index >= 15 is 0 Å². The second-order valence-corrected chi connectivity index (χ2v) is 8.38. The molecule has 0 fully saturated rings. The monoisotopic (exact) mass is 404 g/mol. The summed E-state index contributed by atoms with van der Waals surface area (Å²) in [5, 5.41) is 5.12. The SMILES string of the molecule is COc1ccc(C(=O)NCC(=O)NCCCS(=O)(=O)Cc2ccccc2)cc1. The molecule has 0 saturated carbocycles. The van der Waals surface area contributed by atoms with Crippen LogP contribution in [0.5, 0.6) is 5.75 Å². The number of carbonyl (C=O) groups excluding carboxylic acids is 2. The Kier molecular flexibility index (Phi) is 8.01. The predicted octanol–water partition coefficient (Wildman–Crippen LogP) is 1.55. The van der Waals surface area contributed by atoms with Crippen LogP contribution in [-0.2, 0) is 20.4 Å². The molecule has 0 saturated heterocycles. The normalized spacial score (nSPS) is 10.9. The van der Waals surface area contributed by atoms with E-state index in [9.17, 15) is 18.0 Å². The van der Waals surface area contributed by atoms with Crippen LogP contribution in [0.2, 0.25) is 0 Å². The number of rotatable bonds is 10. The van der Waals surface area contributed by atoms with Crippen molar-refractivity contribution in [1.82, 2.24) is 10.6 Å². The Morgan fingerprint density at radius 1 is 0.964 bits per heavy atom. The van der Waals surface area contributed by atoms with Gasteiger partial charge in [-0.05, 0) is 36.2 Å². The Labute approximate surface area is 165 Å². The summed E-state index contributed by atoms with van der Waals surface area (Å²) in [5.74, 6) is -0.137. The van der Waals surface area contributed by atoms with Gasteiger partial charge in [0, 0.05) is 12.1 Å². The number of sulfone groups is 1. The highest BCUT2D eigenvalue weighted by Gasteiger charge is 2.12. The zero-order valence-electron chi connectivity index (χ0n) is 15.7. The smallest absolute Gasteiger partial charge is 0.251 e. The van der Waals surface area contributed by atoms with Crippen molar-refractivity contribution in [3.8, 4) is 5.75 Å². The summed E-state index contributed by atoms with van der Waals surface area (Å²) in [6, 6.07) is 15.5. The van der Waals surface area contributed by atoms with Crippen LogP contribution in [0.4, 0.5) is 0 Å². The first-order chi connectivity index (χ1) is 13.4. The molecule has 0 aromatic heterocycles. The largest absolute Gasteiger partial charge is 0.497 e. The van der Waals surface area contributed by atoms with Gasteiger partial charge in [-0.1, -0.05) is 30.3 Å². The molecule has 2 N–H and O–H groups in total. The lowest BCUT2D eigenvalue weighted by molar-refractivity contribution is -0.120. The van der Waals surface area contributed by atoms with E-state index in [-0.39, 0.29) is 36.4 Å². The number of hydrogen-bond donors (Lipinski definition) is 2. The van der Waals surface area contributed by atoms with Gasteiger partial charge in [-0.15, -0.1) is 0 Å². The number of methoxy groups -OCH3 is 1. The van der Waals surface area contributed by atoms with Crippen molar-refractivity contribution < 1.29 is 22.7 Å². The molecule has 2 amide bonds. The molecule has 2 aromatic carbocycles. The maximum atomic E-state index is 12.1. The minimum absolute atomic E-state index is 0.0135. The number of ether oxygens (including phenoxy) is 1. The van der Waals surface area contributed by atoms with Gasteiger partial charge in [0.1, 0.15) is 5.75 Å². The van der Waals surface area contributed by atoms with E-state index in [1.54, 1.807) is 48.5 Å². The fourth-order valence-corrected chi connectivity index (χ4v) is 3.92. The van der Waals surface area contributed by atoms with E-state index in [1.807, 2.05) is 6.07 Å². The van der Waals surface area contributed by atoms with E-state index in [2.05, 4.69) is 10.6 Å². The van der Waals surface area contributed by atoms with Gasteiger partial charge in [0.2, 0.25) is 5.91 Å². The first-order valence-electron chi connectivity index (χ1n) is 8.83. The first-order valence-corrected chi connectivity index (χ1v) is 10.6. The number of carbonyl (C=O) groups is 2. The third-order valence-corrected chi connectivity index (χ3v) is 5.63. The molecular weight excluding hydrogens is 380 g/mol. The van der Waals surface area contributed by atoms with Crippen LogP contribution in [0.15, 0.2) is 54.6 Å². The molecule has 0 bridgehead atoms. The van der Waals surface area contributed by atoms with Crippen LogP contribution in [0, 0.1) is 0 Å². The topological polar surface area (TPSA) is 102 Å². The summed E-state index contributed by atoms with van der Waals surface area (Å²) in [5.41, 5.74) is 1.16. The molecule has 0 unspecified atom stereocenters. The van der Waals surface area contributed by atoms with Crippen molar-refractivity contribution >= 4 is 21.7 Å². The van der Waals surface area contributed by atoms with Gasteiger partial charge in [0.25, 0.3) is 5.91 Å². The average molecular weight is 404 g/mol. The Morgan fingerprint density at radius 2 is 1.64 bits per heavy atom. The molecule has 8 heteroatoms. The minimum Gasteiger partial charge on any atom is -0.497 e. The molecule has 2 rings (SSSR count). The van der Waals surface area contributed by atoms with E-state index in [0.717, 1.165) is 5.56 Å². The van der Waals surface area contributed by atoms with Crippen molar-refractivity contribution in [3.05, 3.63) is 65.7 Å². The average Bonchev–Trinajstić information content (AvgIpc) is 2.70. The third kappa shape index (κ3) is 7.40. The molecule has 0 aliphatic rings. The standard InChI is InChI=1S/C20H24N2O5S/c1-27-18-10-8-17(9-11-18)20(24)22-14-19(23)21-12-5-13-28(25,26)15-16-6-3-2-4-7-16/h2-4,6-11H,5,12-15H2,1H3,(H,21,23)(H,22,24). The summed E-state index contributed by atoms with van der Waals surface area (Å²) in [7, 11) is -1.70. The van der Waals surface area contributed by atoms with Crippen LogP contribution >= 0.6 is 0 Å². The van der Waals surface area contributed by atoms with Crippen LogP contribution in [-0.4, -0.2) is 46.2 Å². The maximum absolute atomic E-state index is 12.1. The van der Waals surface area contributed by atoms with Crippen molar-refractivity contribution in [1.29, 1.82) is 0 Å². The molecule has 0 atom stereocenters. The van der Waals surface area contributed by atoms with E-state index in [4.69, 9.17) is 4.74 Å². The first kappa shape index (κ1) is 21.4. The molecule has 2 aromatic rings. The number of benzene rings is 2. The van der Waals surface area contributed by atoms with Crippen LogP contribution < -0.4 is 15.4 Å². The second-order valence-electron chi connectivity index (χ2n) is 6.19. The highest BCUT2D eigenvalue weighted by atomic mass is 32.2. The van der Waals surface area contributed by atoms with Gasteiger partial charge in [-0.3, -0.25) is 9.59 Å². The Balaban J connectivity index is 1.66. The third-order valence-electron chi connectivity index (χ3n) is 3.95. The summed E-state index contributed by atoms with van der Waals surface area (Å²) >= 11 is 0. The molecule has 150 valence electrons. The fraction of sp³-hybridized carbons (Fsp3) is 0.300. The van der Waals surface area contributed by atoms with Crippen LogP contribution in [0.3, 0.4) is 0 Å². The van der Waals surface area contributed by atoms with Gasteiger partial charge in [0.05, 0.1) is 25.2 Å². The highest BCUT2D eigenvalue weighted by molar-refractivity contribution is 7.90. The van der Waals surface area contributed by atoms with Crippen LogP contribution in [0.1, 0.15) is 22.3 Å². The van der Waals surface area contributed by atoms with Crippen molar-refractivity contribution in [2.45, 2.75) is 12.2 Å². The lowest BCUT2D eigenvalue weighted by atomic mass is 10.2. The lowest BCUT2D eigenvalue weighted by Crippen LogP contribution is -2.37. The van der Waals surface area contributed by atoms with Gasteiger partial charge in [0.15, 0.2) is 9.84 Å². The number of hydrogen-bond acceptors (Lipinski definition) is 5. The summed E-state index contributed by atoms with van der Waals surface area (Å²) in [6.45, 7) is 0.0485.